The molecule has 0 radical (unpaired) electrons. The number of hydrogen-bond acceptors (Lipinski definition) is 3. The van der Waals surface area contributed by atoms with Crippen LogP contribution in [-0.2, 0) is 9.53 Å². The van der Waals surface area contributed by atoms with Crippen LogP contribution < -0.4 is 0 Å². The van der Waals surface area contributed by atoms with Crippen LogP contribution in [0.3, 0.4) is 0 Å². The fourth-order valence-electron chi connectivity index (χ4n) is 2.42. The Morgan fingerprint density at radius 2 is 2.45 bits per heavy atom. The van der Waals surface area contributed by atoms with Crippen molar-refractivity contribution < 1.29 is 9.53 Å². The molecule has 108 valence electrons. The van der Waals surface area contributed by atoms with Crippen molar-refractivity contribution in [1.82, 2.24) is 9.88 Å². The topological polar surface area (TPSA) is 42.4 Å². The van der Waals surface area contributed by atoms with Gasteiger partial charge in [0.15, 0.2) is 0 Å². The van der Waals surface area contributed by atoms with Gasteiger partial charge in [0.1, 0.15) is 0 Å². The maximum atomic E-state index is 12.3. The average Bonchev–Trinajstić information content (AvgIpc) is 2.46. The summed E-state index contributed by atoms with van der Waals surface area (Å²) >= 11 is 0. The monoisotopic (exact) mass is 274 g/mol. The normalized spacial score (nSPS) is 19.8. The number of nitrogens with zero attached hydrogens (tertiary/aromatic N) is 2. The van der Waals surface area contributed by atoms with Gasteiger partial charge in [0.2, 0.25) is 5.91 Å². The number of carbonyl (C=O) groups is 1. The first-order valence-corrected chi connectivity index (χ1v) is 7.13. The molecule has 1 fully saturated rings. The minimum Gasteiger partial charge on any atom is -0.377 e. The van der Waals surface area contributed by atoms with E-state index in [-0.39, 0.29) is 11.9 Å². The zero-order valence-electron chi connectivity index (χ0n) is 12.2. The van der Waals surface area contributed by atoms with Crippen molar-refractivity contribution >= 4 is 12.0 Å². The quantitative estimate of drug-likeness (QED) is 0.792. The molecule has 1 aliphatic heterocycles. The molecular formula is C16H22N2O2. The van der Waals surface area contributed by atoms with Crippen LogP contribution in [0.4, 0.5) is 0 Å². The summed E-state index contributed by atoms with van der Waals surface area (Å²) in [6, 6.07) is 3.98. The maximum absolute atomic E-state index is 12.3. The molecule has 2 rings (SSSR count). The van der Waals surface area contributed by atoms with Gasteiger partial charge >= 0.3 is 0 Å². The minimum absolute atomic E-state index is 0.0582. The minimum atomic E-state index is 0.0582. The Bertz CT molecular complexity index is 457. The summed E-state index contributed by atoms with van der Waals surface area (Å²) in [7, 11) is 0. The fourth-order valence-corrected chi connectivity index (χ4v) is 2.42. The van der Waals surface area contributed by atoms with E-state index in [0.717, 1.165) is 12.0 Å². The molecule has 0 spiro atoms. The lowest BCUT2D eigenvalue weighted by Crippen LogP contribution is -2.48. The summed E-state index contributed by atoms with van der Waals surface area (Å²) in [6.45, 7) is 6.28. The van der Waals surface area contributed by atoms with Crippen LogP contribution in [0.1, 0.15) is 25.8 Å². The number of morpholine rings is 1. The van der Waals surface area contributed by atoms with E-state index in [1.807, 2.05) is 23.1 Å². The zero-order chi connectivity index (χ0) is 14.4. The van der Waals surface area contributed by atoms with Gasteiger partial charge in [0.25, 0.3) is 0 Å². The van der Waals surface area contributed by atoms with Crippen LogP contribution in [-0.4, -0.2) is 41.6 Å². The highest BCUT2D eigenvalue weighted by Crippen LogP contribution is 2.16. The van der Waals surface area contributed by atoms with Gasteiger partial charge in [-0.2, -0.15) is 0 Å². The summed E-state index contributed by atoms with van der Waals surface area (Å²) in [4.78, 5) is 18.3. The van der Waals surface area contributed by atoms with Crippen molar-refractivity contribution in [3.05, 3.63) is 36.2 Å². The Labute approximate surface area is 120 Å². The SMILES string of the molecule is CC(C)CC1COCCN1C(=O)/C=C/c1cccnc1. The number of pyridine rings is 1. The van der Waals surface area contributed by atoms with E-state index in [0.29, 0.717) is 25.7 Å². The molecule has 1 atom stereocenters. The Morgan fingerprint density at radius 1 is 1.60 bits per heavy atom. The molecule has 20 heavy (non-hydrogen) atoms. The highest BCUT2D eigenvalue weighted by molar-refractivity contribution is 5.92. The summed E-state index contributed by atoms with van der Waals surface area (Å²) < 4.78 is 5.50. The standard InChI is InChI=1S/C16H22N2O2/c1-13(2)10-15-12-20-9-8-18(15)16(19)6-5-14-4-3-7-17-11-14/h3-7,11,13,15H,8-10,12H2,1-2H3/b6-5+. The number of rotatable bonds is 4. The van der Waals surface area contributed by atoms with Crippen molar-refractivity contribution in [3.8, 4) is 0 Å². The molecule has 1 amide bonds. The molecule has 0 aliphatic carbocycles. The van der Waals surface area contributed by atoms with E-state index in [1.165, 1.54) is 0 Å². The van der Waals surface area contributed by atoms with E-state index in [1.54, 1.807) is 18.5 Å². The van der Waals surface area contributed by atoms with E-state index < -0.39 is 0 Å². The van der Waals surface area contributed by atoms with Gasteiger partial charge in [-0.05, 0) is 30.0 Å². The first kappa shape index (κ1) is 14.7. The van der Waals surface area contributed by atoms with E-state index in [9.17, 15) is 4.79 Å². The summed E-state index contributed by atoms with van der Waals surface area (Å²) in [5.41, 5.74) is 0.939. The molecule has 0 N–H and O–H groups in total. The van der Waals surface area contributed by atoms with Crippen molar-refractivity contribution in [2.24, 2.45) is 5.92 Å². The molecule has 2 heterocycles. The summed E-state index contributed by atoms with van der Waals surface area (Å²) in [5, 5.41) is 0. The number of hydrogen-bond donors (Lipinski definition) is 0. The zero-order valence-corrected chi connectivity index (χ0v) is 12.2. The lowest BCUT2D eigenvalue weighted by molar-refractivity contribution is -0.135. The molecule has 4 heteroatoms. The van der Waals surface area contributed by atoms with Gasteiger partial charge in [-0.15, -0.1) is 0 Å². The van der Waals surface area contributed by atoms with Crippen LogP contribution in [0, 0.1) is 5.92 Å². The van der Waals surface area contributed by atoms with E-state index in [4.69, 9.17) is 4.74 Å². The first-order valence-electron chi connectivity index (χ1n) is 7.13. The van der Waals surface area contributed by atoms with Crippen LogP contribution in [0.15, 0.2) is 30.6 Å². The van der Waals surface area contributed by atoms with Crippen molar-refractivity contribution in [1.29, 1.82) is 0 Å². The molecule has 1 aliphatic rings. The summed E-state index contributed by atoms with van der Waals surface area (Å²) in [5.74, 6) is 0.613. The molecule has 0 saturated carbocycles. The van der Waals surface area contributed by atoms with Gasteiger partial charge in [-0.25, -0.2) is 0 Å². The van der Waals surface area contributed by atoms with Gasteiger partial charge < -0.3 is 9.64 Å². The van der Waals surface area contributed by atoms with Crippen LogP contribution in [0.2, 0.25) is 0 Å². The molecule has 0 aromatic carbocycles. The third-order valence-corrected chi connectivity index (χ3v) is 3.36. The van der Waals surface area contributed by atoms with Crippen LogP contribution in [0.5, 0.6) is 0 Å². The van der Waals surface area contributed by atoms with Crippen molar-refractivity contribution in [2.75, 3.05) is 19.8 Å². The highest BCUT2D eigenvalue weighted by atomic mass is 16.5. The smallest absolute Gasteiger partial charge is 0.246 e. The molecule has 0 bridgehead atoms. The fraction of sp³-hybridized carbons (Fsp3) is 0.500. The van der Waals surface area contributed by atoms with Gasteiger partial charge in [0.05, 0.1) is 19.3 Å². The number of amides is 1. The lowest BCUT2D eigenvalue weighted by Gasteiger charge is -2.36. The van der Waals surface area contributed by atoms with Gasteiger partial charge in [-0.1, -0.05) is 19.9 Å². The van der Waals surface area contributed by atoms with Gasteiger partial charge in [0, 0.05) is 25.0 Å². The highest BCUT2D eigenvalue weighted by Gasteiger charge is 2.26. The second-order valence-corrected chi connectivity index (χ2v) is 5.51. The summed E-state index contributed by atoms with van der Waals surface area (Å²) in [6.07, 6.45) is 7.90. The van der Waals surface area contributed by atoms with E-state index >= 15 is 0 Å². The Morgan fingerprint density at radius 3 is 3.15 bits per heavy atom. The molecule has 1 saturated heterocycles. The third-order valence-electron chi connectivity index (χ3n) is 3.36. The number of carbonyl (C=O) groups excluding carboxylic acids is 1. The Balaban J connectivity index is 2.00. The van der Waals surface area contributed by atoms with Gasteiger partial charge in [-0.3, -0.25) is 9.78 Å². The van der Waals surface area contributed by atoms with Crippen molar-refractivity contribution in [3.63, 3.8) is 0 Å². The predicted octanol–water partition coefficient (Wildman–Crippen LogP) is 2.37. The van der Waals surface area contributed by atoms with Crippen LogP contribution in [0.25, 0.3) is 6.08 Å². The molecule has 1 unspecified atom stereocenters. The van der Waals surface area contributed by atoms with E-state index in [2.05, 4.69) is 18.8 Å². The molecular weight excluding hydrogens is 252 g/mol. The van der Waals surface area contributed by atoms with Crippen molar-refractivity contribution in [2.45, 2.75) is 26.3 Å². The predicted molar refractivity (Wildman–Crippen MR) is 79.0 cm³/mol. The van der Waals surface area contributed by atoms with Crippen LogP contribution >= 0.6 is 0 Å². The Kier molecular flexibility index (Phi) is 5.30. The number of aromatic nitrogens is 1. The average molecular weight is 274 g/mol. The number of ether oxygens (including phenoxy) is 1. The molecule has 1 aromatic rings. The second kappa shape index (κ2) is 7.20. The third kappa shape index (κ3) is 4.17. The second-order valence-electron chi connectivity index (χ2n) is 5.51. The maximum Gasteiger partial charge on any atom is 0.246 e. The Hall–Kier alpha value is -1.68. The molecule has 4 nitrogen and oxygen atoms in total. The largest absolute Gasteiger partial charge is 0.377 e. The lowest BCUT2D eigenvalue weighted by atomic mass is 10.0. The molecule has 1 aromatic heterocycles. The first-order chi connectivity index (χ1) is 9.66.